The van der Waals surface area contributed by atoms with Crippen molar-refractivity contribution in [1.29, 1.82) is 0 Å². The fraction of sp³-hybridized carbons (Fsp3) is 0. The van der Waals surface area contributed by atoms with Crippen molar-refractivity contribution in [2.45, 2.75) is 0 Å². The molecule has 0 atom stereocenters. The second-order valence-electron chi connectivity index (χ2n) is 1.81. The van der Waals surface area contributed by atoms with E-state index in [2.05, 4.69) is 20.9 Å². The summed E-state index contributed by atoms with van der Waals surface area (Å²) in [6.45, 7) is 0. The molecule has 1 rings (SSSR count). The maximum Gasteiger partial charge on any atom is 0.335 e. The number of aromatic carboxylic acids is 1. The lowest BCUT2D eigenvalue weighted by molar-refractivity contribution is 0.0696. The number of carboxylic acid groups (broad SMARTS) is 1. The molecule has 0 aliphatic rings. The summed E-state index contributed by atoms with van der Waals surface area (Å²) >= 11 is 8.51. The third kappa shape index (κ3) is 2.17. The Balaban J connectivity index is 3.19. The van der Waals surface area contributed by atoms with Gasteiger partial charge in [0.05, 0.1) is 5.56 Å². The molecular formula is C6H3BrClNO2. The van der Waals surface area contributed by atoms with Crippen molar-refractivity contribution < 1.29 is 9.90 Å². The molecule has 0 radical (unpaired) electrons. The summed E-state index contributed by atoms with van der Waals surface area (Å²) in [5.74, 6) is -1.02. The Morgan fingerprint density at radius 2 is 2.27 bits per heavy atom. The molecule has 0 aromatic carbocycles. The third-order valence-electron chi connectivity index (χ3n) is 1.01. The summed E-state index contributed by atoms with van der Waals surface area (Å²) in [5, 5.41) is 8.69. The van der Waals surface area contributed by atoms with Gasteiger partial charge in [-0.2, -0.15) is 0 Å². The molecule has 0 unspecified atom stereocenters. The van der Waals surface area contributed by atoms with Crippen LogP contribution >= 0.6 is 27.5 Å². The lowest BCUT2D eigenvalue weighted by Crippen LogP contribution is -1.96. The van der Waals surface area contributed by atoms with Gasteiger partial charge in [0, 0.05) is 0 Å². The SMILES string of the molecule is O=C(O)c1cc(Cl)nc(Br)c1. The van der Waals surface area contributed by atoms with Crippen LogP contribution in [0.4, 0.5) is 0 Å². The van der Waals surface area contributed by atoms with Gasteiger partial charge in [0.1, 0.15) is 9.76 Å². The topological polar surface area (TPSA) is 50.2 Å². The molecule has 0 saturated heterocycles. The number of aromatic nitrogens is 1. The molecule has 1 aromatic rings. The van der Waals surface area contributed by atoms with Crippen molar-refractivity contribution >= 4 is 33.5 Å². The molecule has 3 nitrogen and oxygen atoms in total. The van der Waals surface area contributed by atoms with Crippen LogP contribution in [0.2, 0.25) is 5.15 Å². The maximum absolute atomic E-state index is 10.4. The van der Waals surface area contributed by atoms with Crippen LogP contribution in [0.15, 0.2) is 16.7 Å². The normalized spacial score (nSPS) is 9.64. The average molecular weight is 236 g/mol. The van der Waals surface area contributed by atoms with E-state index in [1.807, 2.05) is 0 Å². The molecule has 11 heavy (non-hydrogen) atoms. The summed E-state index contributed by atoms with van der Waals surface area (Å²) in [7, 11) is 0. The monoisotopic (exact) mass is 235 g/mol. The van der Waals surface area contributed by atoms with Crippen molar-refractivity contribution in [2.75, 3.05) is 0 Å². The van der Waals surface area contributed by atoms with Gasteiger partial charge in [0.15, 0.2) is 0 Å². The van der Waals surface area contributed by atoms with Crippen LogP contribution in [0, 0.1) is 0 Å². The lowest BCUT2D eigenvalue weighted by atomic mass is 10.3. The predicted octanol–water partition coefficient (Wildman–Crippen LogP) is 2.20. The summed E-state index contributed by atoms with van der Waals surface area (Å²) in [4.78, 5) is 14.1. The van der Waals surface area contributed by atoms with Gasteiger partial charge in [0.25, 0.3) is 0 Å². The van der Waals surface area contributed by atoms with E-state index in [1.165, 1.54) is 12.1 Å². The van der Waals surface area contributed by atoms with Crippen LogP contribution < -0.4 is 0 Å². The lowest BCUT2D eigenvalue weighted by Gasteiger charge is -1.95. The van der Waals surface area contributed by atoms with E-state index in [9.17, 15) is 4.79 Å². The Hall–Kier alpha value is -0.610. The van der Waals surface area contributed by atoms with Crippen molar-refractivity contribution in [3.63, 3.8) is 0 Å². The smallest absolute Gasteiger partial charge is 0.335 e. The van der Waals surface area contributed by atoms with Crippen molar-refractivity contribution in [2.24, 2.45) is 0 Å². The van der Waals surface area contributed by atoms with Gasteiger partial charge < -0.3 is 5.11 Å². The number of hydrogen-bond donors (Lipinski definition) is 1. The van der Waals surface area contributed by atoms with Crippen LogP contribution in [0.5, 0.6) is 0 Å². The van der Waals surface area contributed by atoms with E-state index < -0.39 is 5.97 Å². The summed E-state index contributed by atoms with van der Waals surface area (Å²) in [6.07, 6.45) is 0. The third-order valence-corrected chi connectivity index (χ3v) is 1.61. The van der Waals surface area contributed by atoms with Gasteiger partial charge in [0.2, 0.25) is 0 Å². The molecular weight excluding hydrogens is 233 g/mol. The molecule has 0 amide bonds. The standard InChI is InChI=1S/C6H3BrClNO2/c7-4-1-3(6(10)11)2-5(8)9-4/h1-2H,(H,10,11). The number of hydrogen-bond acceptors (Lipinski definition) is 2. The molecule has 58 valence electrons. The fourth-order valence-electron chi connectivity index (χ4n) is 0.588. The highest BCUT2D eigenvalue weighted by Gasteiger charge is 2.04. The summed E-state index contributed by atoms with van der Waals surface area (Å²) in [5.41, 5.74) is 0.122. The van der Waals surface area contributed by atoms with E-state index in [4.69, 9.17) is 16.7 Å². The van der Waals surface area contributed by atoms with Gasteiger partial charge in [-0.1, -0.05) is 11.6 Å². The van der Waals surface area contributed by atoms with E-state index in [0.717, 1.165) is 0 Å². The largest absolute Gasteiger partial charge is 0.478 e. The number of nitrogens with zero attached hydrogens (tertiary/aromatic N) is 1. The second kappa shape index (κ2) is 3.19. The van der Waals surface area contributed by atoms with Crippen LogP contribution in [0.25, 0.3) is 0 Å². The van der Waals surface area contributed by atoms with Gasteiger partial charge in [-0.25, -0.2) is 9.78 Å². The first-order chi connectivity index (χ1) is 5.09. The molecule has 5 heteroatoms. The minimum absolute atomic E-state index is 0.122. The molecule has 1 aromatic heterocycles. The van der Waals surface area contributed by atoms with Crippen molar-refractivity contribution in [1.82, 2.24) is 4.98 Å². The first-order valence-corrected chi connectivity index (χ1v) is 3.83. The number of carbonyl (C=O) groups is 1. The highest BCUT2D eigenvalue weighted by atomic mass is 79.9. The molecule has 0 saturated carbocycles. The molecule has 0 aliphatic carbocycles. The minimum Gasteiger partial charge on any atom is -0.478 e. The van der Waals surface area contributed by atoms with Crippen molar-refractivity contribution in [3.8, 4) is 0 Å². The van der Waals surface area contributed by atoms with Crippen LogP contribution in [-0.4, -0.2) is 16.1 Å². The zero-order chi connectivity index (χ0) is 8.43. The van der Waals surface area contributed by atoms with E-state index in [1.54, 1.807) is 0 Å². The molecule has 1 N–H and O–H groups in total. The number of halogens is 2. The average Bonchev–Trinajstić information content (AvgIpc) is 1.85. The minimum atomic E-state index is -1.02. The highest BCUT2D eigenvalue weighted by molar-refractivity contribution is 9.10. The van der Waals surface area contributed by atoms with Crippen molar-refractivity contribution in [3.05, 3.63) is 27.5 Å². The Labute approximate surface area is 76.1 Å². The zero-order valence-electron chi connectivity index (χ0n) is 5.21. The molecule has 0 fully saturated rings. The first kappa shape index (κ1) is 8.49. The first-order valence-electron chi connectivity index (χ1n) is 2.66. The highest BCUT2D eigenvalue weighted by Crippen LogP contribution is 2.14. The Morgan fingerprint density at radius 1 is 1.64 bits per heavy atom. The van der Waals surface area contributed by atoms with Crippen LogP contribution in [0.3, 0.4) is 0 Å². The van der Waals surface area contributed by atoms with E-state index in [0.29, 0.717) is 4.60 Å². The maximum atomic E-state index is 10.4. The quantitative estimate of drug-likeness (QED) is 0.761. The molecule has 0 aliphatic heterocycles. The number of pyridine rings is 1. The summed E-state index contributed by atoms with van der Waals surface area (Å²) < 4.78 is 0.419. The zero-order valence-corrected chi connectivity index (χ0v) is 7.56. The number of carboxylic acids is 1. The number of rotatable bonds is 1. The Kier molecular flexibility index (Phi) is 2.46. The van der Waals surface area contributed by atoms with E-state index >= 15 is 0 Å². The Morgan fingerprint density at radius 3 is 2.73 bits per heavy atom. The van der Waals surface area contributed by atoms with Gasteiger partial charge >= 0.3 is 5.97 Å². The molecule has 0 spiro atoms. The molecule has 0 bridgehead atoms. The second-order valence-corrected chi connectivity index (χ2v) is 3.01. The van der Waals surface area contributed by atoms with Crippen LogP contribution in [0.1, 0.15) is 10.4 Å². The van der Waals surface area contributed by atoms with Crippen LogP contribution in [-0.2, 0) is 0 Å². The van der Waals surface area contributed by atoms with Gasteiger partial charge in [-0.3, -0.25) is 0 Å². The summed E-state index contributed by atoms with van der Waals surface area (Å²) in [6, 6.07) is 2.67. The molecule has 1 heterocycles. The Bertz CT molecular complexity index is 282. The fourth-order valence-corrected chi connectivity index (χ4v) is 1.34. The van der Waals surface area contributed by atoms with Gasteiger partial charge in [-0.15, -0.1) is 0 Å². The predicted molar refractivity (Wildman–Crippen MR) is 43.9 cm³/mol. The van der Waals surface area contributed by atoms with E-state index in [-0.39, 0.29) is 10.7 Å². The van der Waals surface area contributed by atoms with Gasteiger partial charge in [-0.05, 0) is 28.1 Å².